The molecule has 2 N–H and O–H groups in total. The SMILES string of the molecule is Cc1ccc(N2CCCN(C(=O)NCCc3c[nH]c4cc(F)ccc34)CC2)cc1. The van der Waals surface area contributed by atoms with Crippen LogP contribution in [0.25, 0.3) is 10.9 Å². The minimum absolute atomic E-state index is 0.0124. The Labute approximate surface area is 170 Å². The molecule has 0 aliphatic carbocycles. The Hall–Kier alpha value is -3.02. The van der Waals surface area contributed by atoms with Crippen molar-refractivity contribution in [2.75, 3.05) is 37.6 Å². The van der Waals surface area contributed by atoms with Gasteiger partial charge >= 0.3 is 6.03 Å². The van der Waals surface area contributed by atoms with Crippen LogP contribution in [0, 0.1) is 12.7 Å². The van der Waals surface area contributed by atoms with E-state index in [2.05, 4.69) is 46.4 Å². The average Bonchev–Trinajstić information content (AvgIpc) is 2.95. The molecule has 0 spiro atoms. The van der Waals surface area contributed by atoms with Gasteiger partial charge in [0.2, 0.25) is 0 Å². The van der Waals surface area contributed by atoms with E-state index in [0.717, 1.165) is 42.5 Å². The summed E-state index contributed by atoms with van der Waals surface area (Å²) in [5.41, 5.74) is 4.34. The van der Waals surface area contributed by atoms with Gasteiger partial charge in [0.1, 0.15) is 5.82 Å². The molecule has 1 saturated heterocycles. The van der Waals surface area contributed by atoms with Crippen molar-refractivity contribution in [2.24, 2.45) is 0 Å². The largest absolute Gasteiger partial charge is 0.370 e. The Kier molecular flexibility index (Phi) is 5.69. The zero-order valence-corrected chi connectivity index (χ0v) is 16.7. The van der Waals surface area contributed by atoms with Gasteiger partial charge in [0.25, 0.3) is 0 Å². The number of aromatic nitrogens is 1. The highest BCUT2D eigenvalue weighted by molar-refractivity contribution is 5.83. The molecule has 0 radical (unpaired) electrons. The van der Waals surface area contributed by atoms with Gasteiger partial charge < -0.3 is 20.1 Å². The van der Waals surface area contributed by atoms with Gasteiger partial charge in [-0.25, -0.2) is 9.18 Å². The number of hydrogen-bond donors (Lipinski definition) is 2. The highest BCUT2D eigenvalue weighted by atomic mass is 19.1. The molecule has 1 aromatic heterocycles. The van der Waals surface area contributed by atoms with Crippen LogP contribution in [0.4, 0.5) is 14.9 Å². The van der Waals surface area contributed by atoms with Crippen molar-refractivity contribution >= 4 is 22.6 Å². The van der Waals surface area contributed by atoms with Gasteiger partial charge in [0.05, 0.1) is 0 Å². The normalized spacial score (nSPS) is 14.8. The molecule has 0 unspecified atom stereocenters. The van der Waals surface area contributed by atoms with Gasteiger partial charge in [-0.2, -0.15) is 0 Å². The molecule has 0 atom stereocenters. The van der Waals surface area contributed by atoms with Gasteiger partial charge in [-0.15, -0.1) is 0 Å². The smallest absolute Gasteiger partial charge is 0.317 e. The van der Waals surface area contributed by atoms with Crippen LogP contribution in [0.15, 0.2) is 48.7 Å². The van der Waals surface area contributed by atoms with Crippen molar-refractivity contribution in [3.8, 4) is 0 Å². The zero-order chi connectivity index (χ0) is 20.2. The number of urea groups is 1. The van der Waals surface area contributed by atoms with Crippen LogP contribution < -0.4 is 10.2 Å². The third-order valence-electron chi connectivity index (χ3n) is 5.58. The maximum Gasteiger partial charge on any atom is 0.317 e. The van der Waals surface area contributed by atoms with Gasteiger partial charge in [-0.05, 0) is 55.7 Å². The summed E-state index contributed by atoms with van der Waals surface area (Å²) in [4.78, 5) is 20.0. The zero-order valence-electron chi connectivity index (χ0n) is 16.7. The van der Waals surface area contributed by atoms with Gasteiger partial charge in [0, 0.05) is 55.5 Å². The van der Waals surface area contributed by atoms with E-state index in [1.165, 1.54) is 23.4 Å². The number of nitrogens with one attached hydrogen (secondary N) is 2. The highest BCUT2D eigenvalue weighted by Crippen LogP contribution is 2.20. The van der Waals surface area contributed by atoms with Crippen molar-refractivity contribution in [2.45, 2.75) is 19.8 Å². The predicted molar refractivity (Wildman–Crippen MR) is 115 cm³/mol. The molecule has 0 saturated carbocycles. The fraction of sp³-hybridized carbons (Fsp3) is 0.348. The van der Waals surface area contributed by atoms with E-state index in [0.29, 0.717) is 19.5 Å². The molecule has 1 aliphatic heterocycles. The standard InChI is InChI=1S/C23H27FN4O/c1-17-3-6-20(7-4-17)27-11-2-12-28(14-13-27)23(29)25-10-9-18-16-26-22-15-19(24)5-8-21(18)22/h3-8,15-16,26H,2,9-14H2,1H3,(H,25,29). The number of hydrogen-bond acceptors (Lipinski definition) is 2. The summed E-state index contributed by atoms with van der Waals surface area (Å²) in [6.07, 6.45) is 3.55. The van der Waals surface area contributed by atoms with Crippen molar-refractivity contribution in [3.63, 3.8) is 0 Å². The molecule has 1 fully saturated rings. The Bertz CT molecular complexity index is 982. The summed E-state index contributed by atoms with van der Waals surface area (Å²) < 4.78 is 13.3. The summed E-state index contributed by atoms with van der Waals surface area (Å²) in [7, 11) is 0. The molecule has 2 aromatic carbocycles. The van der Waals surface area contributed by atoms with Crippen LogP contribution in [-0.2, 0) is 6.42 Å². The second-order valence-electron chi connectivity index (χ2n) is 7.65. The number of H-pyrrole nitrogens is 1. The number of aryl methyl sites for hydroxylation is 1. The molecule has 6 heteroatoms. The first-order valence-corrected chi connectivity index (χ1v) is 10.2. The molecule has 1 aliphatic rings. The maximum absolute atomic E-state index is 13.3. The molecule has 152 valence electrons. The van der Waals surface area contributed by atoms with Crippen LogP contribution in [-0.4, -0.2) is 48.6 Å². The predicted octanol–water partition coefficient (Wildman–Crippen LogP) is 4.08. The lowest BCUT2D eigenvalue weighted by molar-refractivity contribution is 0.201. The number of aromatic amines is 1. The Balaban J connectivity index is 1.29. The number of carbonyl (C=O) groups excluding carboxylic acids is 1. The first kappa shape index (κ1) is 19.3. The number of benzene rings is 2. The lowest BCUT2D eigenvalue weighted by atomic mass is 10.1. The van der Waals surface area contributed by atoms with E-state index in [-0.39, 0.29) is 11.8 Å². The molecule has 2 amide bonds. The van der Waals surface area contributed by atoms with Gasteiger partial charge in [-0.1, -0.05) is 17.7 Å². The van der Waals surface area contributed by atoms with Crippen LogP contribution in [0.1, 0.15) is 17.5 Å². The van der Waals surface area contributed by atoms with Gasteiger partial charge in [0.15, 0.2) is 0 Å². The quantitative estimate of drug-likeness (QED) is 0.701. The average molecular weight is 394 g/mol. The number of fused-ring (bicyclic) bond motifs is 1. The highest BCUT2D eigenvalue weighted by Gasteiger charge is 2.19. The molecule has 29 heavy (non-hydrogen) atoms. The lowest BCUT2D eigenvalue weighted by Crippen LogP contribution is -2.42. The summed E-state index contributed by atoms with van der Waals surface area (Å²) in [5.74, 6) is -0.250. The summed E-state index contributed by atoms with van der Waals surface area (Å²) in [5, 5.41) is 4.04. The fourth-order valence-electron chi connectivity index (χ4n) is 3.92. The summed E-state index contributed by atoms with van der Waals surface area (Å²) >= 11 is 0. The Morgan fingerprint density at radius 2 is 1.93 bits per heavy atom. The molecular formula is C23H27FN4O. The van der Waals surface area contributed by atoms with E-state index in [1.54, 1.807) is 6.07 Å². The molecule has 4 rings (SSSR count). The monoisotopic (exact) mass is 394 g/mol. The number of rotatable bonds is 4. The van der Waals surface area contributed by atoms with Crippen molar-refractivity contribution in [1.82, 2.24) is 15.2 Å². The van der Waals surface area contributed by atoms with E-state index in [1.807, 2.05) is 11.1 Å². The van der Waals surface area contributed by atoms with Crippen LogP contribution in [0.2, 0.25) is 0 Å². The first-order chi connectivity index (χ1) is 14.1. The number of halogens is 1. The van der Waals surface area contributed by atoms with E-state index >= 15 is 0 Å². The van der Waals surface area contributed by atoms with E-state index < -0.39 is 0 Å². The fourth-order valence-corrected chi connectivity index (χ4v) is 3.92. The van der Waals surface area contributed by atoms with Crippen molar-refractivity contribution in [3.05, 3.63) is 65.6 Å². The number of carbonyl (C=O) groups is 1. The minimum atomic E-state index is -0.250. The number of amides is 2. The van der Waals surface area contributed by atoms with Crippen molar-refractivity contribution in [1.29, 1.82) is 0 Å². The third kappa shape index (κ3) is 4.53. The van der Waals surface area contributed by atoms with Crippen LogP contribution >= 0.6 is 0 Å². The minimum Gasteiger partial charge on any atom is -0.370 e. The Morgan fingerprint density at radius 3 is 2.76 bits per heavy atom. The lowest BCUT2D eigenvalue weighted by Gasteiger charge is -2.24. The number of anilines is 1. The third-order valence-corrected chi connectivity index (χ3v) is 5.58. The van der Waals surface area contributed by atoms with Crippen LogP contribution in [0.5, 0.6) is 0 Å². The summed E-state index contributed by atoms with van der Waals surface area (Å²) in [6.45, 7) is 5.92. The first-order valence-electron chi connectivity index (χ1n) is 10.2. The van der Waals surface area contributed by atoms with Crippen LogP contribution in [0.3, 0.4) is 0 Å². The second kappa shape index (κ2) is 8.55. The molecule has 3 aromatic rings. The topological polar surface area (TPSA) is 51.4 Å². The molecular weight excluding hydrogens is 367 g/mol. The maximum atomic E-state index is 13.3. The van der Waals surface area contributed by atoms with E-state index in [9.17, 15) is 9.18 Å². The molecule has 0 bridgehead atoms. The second-order valence-corrected chi connectivity index (χ2v) is 7.65. The van der Waals surface area contributed by atoms with Crippen molar-refractivity contribution < 1.29 is 9.18 Å². The number of nitrogens with zero attached hydrogens (tertiary/aromatic N) is 2. The Morgan fingerprint density at radius 1 is 1.10 bits per heavy atom. The molecule has 2 heterocycles. The van der Waals surface area contributed by atoms with Gasteiger partial charge in [-0.3, -0.25) is 0 Å². The molecule has 5 nitrogen and oxygen atoms in total. The van der Waals surface area contributed by atoms with E-state index in [4.69, 9.17) is 0 Å². The summed E-state index contributed by atoms with van der Waals surface area (Å²) in [6, 6.07) is 13.3.